The van der Waals surface area contributed by atoms with Crippen LogP contribution >= 0.6 is 11.6 Å². The van der Waals surface area contributed by atoms with E-state index in [4.69, 9.17) is 16.3 Å². The summed E-state index contributed by atoms with van der Waals surface area (Å²) in [5.74, 6) is 0.0899. The second kappa shape index (κ2) is 10.7. The van der Waals surface area contributed by atoms with Gasteiger partial charge in [-0.25, -0.2) is 4.98 Å². The number of para-hydroxylation sites is 2. The van der Waals surface area contributed by atoms with Crippen molar-refractivity contribution in [1.29, 1.82) is 0 Å². The number of morpholine rings is 1. The van der Waals surface area contributed by atoms with Gasteiger partial charge in [-0.3, -0.25) is 14.6 Å². The molecule has 7 heteroatoms. The molecule has 4 aromatic rings. The van der Waals surface area contributed by atoms with Gasteiger partial charge in [-0.2, -0.15) is 0 Å². The normalized spacial score (nSPS) is 13.4. The van der Waals surface area contributed by atoms with E-state index in [2.05, 4.69) is 9.97 Å². The maximum atomic E-state index is 12.5. The van der Waals surface area contributed by atoms with Gasteiger partial charge >= 0.3 is 0 Å². The van der Waals surface area contributed by atoms with Crippen LogP contribution in [0.25, 0.3) is 21.8 Å². The quantitative estimate of drug-likeness (QED) is 0.294. The van der Waals surface area contributed by atoms with Gasteiger partial charge in [0.05, 0.1) is 29.8 Å². The van der Waals surface area contributed by atoms with Gasteiger partial charge in [0, 0.05) is 35.1 Å². The Bertz CT molecular complexity index is 1350. The van der Waals surface area contributed by atoms with Gasteiger partial charge in [0.2, 0.25) is 0 Å². The number of ether oxygens (including phenoxy) is 1. The highest BCUT2D eigenvalue weighted by Gasteiger charge is 2.21. The van der Waals surface area contributed by atoms with E-state index in [0.29, 0.717) is 37.0 Å². The molecule has 1 saturated heterocycles. The van der Waals surface area contributed by atoms with Crippen LogP contribution < -0.4 is 0 Å². The lowest BCUT2D eigenvalue weighted by Crippen LogP contribution is -2.40. The molecule has 0 saturated carbocycles. The van der Waals surface area contributed by atoms with Crippen molar-refractivity contribution in [3.05, 3.63) is 82.6 Å². The summed E-state index contributed by atoms with van der Waals surface area (Å²) in [6.45, 7) is 6.05. The number of carbonyl (C=O) groups excluding carboxylic acids is 2. The number of nitrogens with zero attached hydrogens (tertiary/aromatic N) is 3. The molecule has 2 aromatic heterocycles. The van der Waals surface area contributed by atoms with Crippen LogP contribution in [0.5, 0.6) is 0 Å². The first kappa shape index (κ1) is 23.8. The maximum absolute atomic E-state index is 12.5. The molecule has 1 fully saturated rings. The van der Waals surface area contributed by atoms with Crippen LogP contribution in [0.15, 0.2) is 60.7 Å². The first-order valence-electron chi connectivity index (χ1n) is 11.3. The lowest BCUT2D eigenvalue weighted by Gasteiger charge is -2.27. The predicted molar refractivity (Wildman–Crippen MR) is 135 cm³/mol. The van der Waals surface area contributed by atoms with Crippen LogP contribution in [-0.2, 0) is 11.2 Å². The Morgan fingerprint density at radius 2 is 1.50 bits per heavy atom. The minimum Gasteiger partial charge on any atom is -0.378 e. The molecule has 2 aromatic carbocycles. The smallest absolute Gasteiger partial charge is 0.254 e. The number of aryl methyl sites for hydroxylation is 1. The van der Waals surface area contributed by atoms with E-state index in [1.54, 1.807) is 17.9 Å². The second-order valence-electron chi connectivity index (χ2n) is 8.00. The van der Waals surface area contributed by atoms with Gasteiger partial charge in [-0.05, 0) is 37.6 Å². The van der Waals surface area contributed by atoms with Crippen molar-refractivity contribution in [2.45, 2.75) is 20.3 Å². The number of rotatable bonds is 3. The molecule has 34 heavy (non-hydrogen) atoms. The van der Waals surface area contributed by atoms with E-state index in [1.807, 2.05) is 61.5 Å². The van der Waals surface area contributed by atoms with Crippen LogP contribution in [0.4, 0.5) is 0 Å². The lowest BCUT2D eigenvalue weighted by atomic mass is 10.0. The first-order chi connectivity index (χ1) is 16.5. The number of Topliss-reactive ketones (excluding diaryl/α,β-unsaturated/α-hetero) is 1. The first-order valence-corrected chi connectivity index (χ1v) is 11.7. The summed E-state index contributed by atoms with van der Waals surface area (Å²) in [5, 5.41) is 2.13. The summed E-state index contributed by atoms with van der Waals surface area (Å²) >= 11 is 6.00. The lowest BCUT2D eigenvalue weighted by molar-refractivity contribution is 0.0304. The highest BCUT2D eigenvalue weighted by Crippen LogP contribution is 2.23. The van der Waals surface area contributed by atoms with Crippen LogP contribution in [0.1, 0.15) is 40.3 Å². The molecule has 0 spiro atoms. The standard InChI is InChI=1S/C14H13ClN2O2.C13H13NO/c15-13-9-11(10-3-1-2-4-12(10)16-13)14(18)17-5-7-19-8-6-17;1-3-10-8-12(9(2)15)11-6-4-5-7-13(11)14-10/h1-4,9H,5-8H2;4-8H,3H2,1-2H3. The molecule has 1 amide bonds. The third kappa shape index (κ3) is 5.24. The van der Waals surface area contributed by atoms with Crippen LogP contribution in [0.2, 0.25) is 5.15 Å². The highest BCUT2D eigenvalue weighted by atomic mass is 35.5. The molecule has 1 aliphatic heterocycles. The molecule has 6 nitrogen and oxygen atoms in total. The van der Waals surface area contributed by atoms with E-state index in [1.165, 1.54) is 0 Å². The number of benzene rings is 2. The number of hydrogen-bond acceptors (Lipinski definition) is 5. The number of carbonyl (C=O) groups is 2. The number of amides is 1. The minimum atomic E-state index is -0.0104. The number of hydrogen-bond donors (Lipinski definition) is 0. The Morgan fingerprint density at radius 1 is 0.912 bits per heavy atom. The Hall–Kier alpha value is -3.35. The van der Waals surface area contributed by atoms with E-state index < -0.39 is 0 Å². The van der Waals surface area contributed by atoms with E-state index >= 15 is 0 Å². The fraction of sp³-hybridized carbons (Fsp3) is 0.259. The van der Waals surface area contributed by atoms with Crippen LogP contribution in [0, 0.1) is 0 Å². The molecule has 0 aliphatic carbocycles. The van der Waals surface area contributed by atoms with Crippen LogP contribution in [0.3, 0.4) is 0 Å². The number of fused-ring (bicyclic) bond motifs is 2. The van der Waals surface area contributed by atoms with Gasteiger partial charge in [-0.15, -0.1) is 0 Å². The number of aromatic nitrogens is 2. The summed E-state index contributed by atoms with van der Waals surface area (Å²) in [6.07, 6.45) is 0.852. The zero-order valence-electron chi connectivity index (χ0n) is 19.3. The van der Waals surface area contributed by atoms with Crippen LogP contribution in [-0.4, -0.2) is 52.9 Å². The Labute approximate surface area is 203 Å². The minimum absolute atomic E-state index is 0.0104. The molecule has 174 valence electrons. The fourth-order valence-electron chi connectivity index (χ4n) is 3.96. The number of pyridine rings is 2. The third-order valence-electron chi connectivity index (χ3n) is 5.72. The highest BCUT2D eigenvalue weighted by molar-refractivity contribution is 6.30. The molecule has 0 radical (unpaired) electrons. The van der Waals surface area contributed by atoms with Gasteiger partial charge < -0.3 is 9.64 Å². The predicted octanol–water partition coefficient (Wildman–Crippen LogP) is 5.36. The van der Waals surface area contributed by atoms with Gasteiger partial charge in [0.25, 0.3) is 5.91 Å². The average Bonchev–Trinajstić information content (AvgIpc) is 2.87. The van der Waals surface area contributed by atoms with Crippen molar-refractivity contribution >= 4 is 45.1 Å². The molecule has 5 rings (SSSR count). The monoisotopic (exact) mass is 475 g/mol. The fourth-order valence-corrected chi connectivity index (χ4v) is 4.16. The van der Waals surface area contributed by atoms with E-state index in [9.17, 15) is 9.59 Å². The summed E-state index contributed by atoms with van der Waals surface area (Å²) in [7, 11) is 0. The summed E-state index contributed by atoms with van der Waals surface area (Å²) in [6, 6.07) is 18.8. The van der Waals surface area contributed by atoms with Crippen molar-refractivity contribution in [2.75, 3.05) is 26.3 Å². The third-order valence-corrected chi connectivity index (χ3v) is 5.92. The molecule has 0 atom stereocenters. The molecular weight excluding hydrogens is 450 g/mol. The molecule has 3 heterocycles. The average molecular weight is 476 g/mol. The zero-order valence-corrected chi connectivity index (χ0v) is 20.0. The number of ketones is 1. The van der Waals surface area contributed by atoms with Crippen molar-refractivity contribution in [1.82, 2.24) is 14.9 Å². The van der Waals surface area contributed by atoms with Gasteiger partial charge in [-0.1, -0.05) is 54.9 Å². The Kier molecular flexibility index (Phi) is 7.50. The van der Waals surface area contributed by atoms with Crippen molar-refractivity contribution in [3.63, 3.8) is 0 Å². The van der Waals surface area contributed by atoms with Crippen molar-refractivity contribution in [2.24, 2.45) is 0 Å². The Balaban J connectivity index is 0.000000166. The molecule has 0 unspecified atom stereocenters. The second-order valence-corrected chi connectivity index (χ2v) is 8.39. The SMILES string of the molecule is CCc1cc(C(C)=O)c2ccccc2n1.O=C(c1cc(Cl)nc2ccccc12)N1CCOCC1. The Morgan fingerprint density at radius 3 is 2.12 bits per heavy atom. The zero-order chi connectivity index (χ0) is 24.1. The van der Waals surface area contributed by atoms with Crippen molar-refractivity contribution in [3.8, 4) is 0 Å². The summed E-state index contributed by atoms with van der Waals surface area (Å²) < 4.78 is 5.26. The molecule has 1 aliphatic rings. The molecule has 0 N–H and O–H groups in total. The summed E-state index contributed by atoms with van der Waals surface area (Å²) in [5.41, 5.74) is 4.00. The van der Waals surface area contributed by atoms with Crippen molar-refractivity contribution < 1.29 is 14.3 Å². The molecule has 0 bridgehead atoms. The maximum Gasteiger partial charge on any atom is 0.254 e. The largest absolute Gasteiger partial charge is 0.378 e. The van der Waals surface area contributed by atoms with Gasteiger partial charge in [0.1, 0.15) is 5.15 Å². The number of halogens is 1. The van der Waals surface area contributed by atoms with E-state index in [0.717, 1.165) is 39.5 Å². The van der Waals surface area contributed by atoms with E-state index in [-0.39, 0.29) is 11.7 Å². The summed E-state index contributed by atoms with van der Waals surface area (Å²) in [4.78, 5) is 34.6. The topological polar surface area (TPSA) is 72.4 Å². The molecular formula is C27H26ClN3O3. The van der Waals surface area contributed by atoms with Gasteiger partial charge in [0.15, 0.2) is 5.78 Å².